The zero-order chi connectivity index (χ0) is 32.0. The molecule has 8 nitrogen and oxygen atoms in total. The van der Waals surface area contributed by atoms with Crippen molar-refractivity contribution in [2.24, 2.45) is 11.8 Å². The van der Waals surface area contributed by atoms with Crippen LogP contribution in [0.3, 0.4) is 0 Å². The lowest BCUT2D eigenvalue weighted by atomic mass is 9.84. The molecule has 4 aromatic rings. The van der Waals surface area contributed by atoms with Crippen molar-refractivity contribution in [3.05, 3.63) is 131 Å². The minimum absolute atomic E-state index is 0.251. The number of amides is 4. The number of carbonyl (C=O) groups is 4. The Balaban J connectivity index is 1.32. The molecule has 0 bridgehead atoms. The molecule has 4 aliphatic rings. The van der Waals surface area contributed by atoms with Gasteiger partial charge in [-0.1, -0.05) is 59.7 Å². The van der Waals surface area contributed by atoms with Gasteiger partial charge in [0.1, 0.15) is 23.7 Å². The van der Waals surface area contributed by atoms with Crippen LogP contribution in [-0.4, -0.2) is 45.7 Å². The van der Waals surface area contributed by atoms with Crippen molar-refractivity contribution in [1.29, 1.82) is 0 Å². The van der Waals surface area contributed by atoms with Gasteiger partial charge in [0.05, 0.1) is 35.3 Å². The molecule has 0 spiro atoms. The fourth-order valence-corrected chi connectivity index (χ4v) is 7.71. The highest BCUT2D eigenvalue weighted by molar-refractivity contribution is 6.26. The van der Waals surface area contributed by atoms with Gasteiger partial charge in [-0.3, -0.25) is 19.2 Å². The fourth-order valence-electron chi connectivity index (χ4n) is 7.71. The predicted octanol–water partition coefficient (Wildman–Crippen LogP) is 5.03. The number of aryl methyl sites for hydroxylation is 2. The van der Waals surface area contributed by atoms with Crippen LogP contribution in [0.25, 0.3) is 0 Å². The number of carbonyl (C=O) groups excluding carboxylic acids is 4. The molecular weight excluding hydrogens is 590 g/mol. The summed E-state index contributed by atoms with van der Waals surface area (Å²) in [5, 5.41) is 3.58. The molecule has 4 heterocycles. The van der Waals surface area contributed by atoms with Gasteiger partial charge in [-0.25, -0.2) is 28.6 Å². The van der Waals surface area contributed by atoms with E-state index in [1.54, 1.807) is 10.0 Å². The monoisotopic (exact) mass is 618 g/mol. The van der Waals surface area contributed by atoms with Gasteiger partial charge in [-0.05, 0) is 73.5 Å². The van der Waals surface area contributed by atoms with Crippen LogP contribution >= 0.6 is 0 Å². The van der Waals surface area contributed by atoms with Crippen LogP contribution in [0.15, 0.2) is 97.1 Å². The molecule has 0 aromatic heterocycles. The number of fused-ring (bicyclic) bond motifs is 5. The summed E-state index contributed by atoms with van der Waals surface area (Å²) < 4.78 is 27.7. The molecule has 4 amide bonds. The zero-order valence-corrected chi connectivity index (χ0v) is 24.9. The first kappa shape index (κ1) is 28.4. The summed E-state index contributed by atoms with van der Waals surface area (Å²) in [4.78, 5) is 59.8. The number of hydrogen-bond acceptors (Lipinski definition) is 6. The average molecular weight is 619 g/mol. The van der Waals surface area contributed by atoms with Crippen molar-refractivity contribution in [2.45, 2.75) is 38.0 Å². The highest BCUT2D eigenvalue weighted by atomic mass is 19.1. The first-order valence-corrected chi connectivity index (χ1v) is 15.1. The van der Waals surface area contributed by atoms with Gasteiger partial charge in [-0.2, -0.15) is 0 Å². The maximum Gasteiger partial charge on any atom is 0.253 e. The van der Waals surface area contributed by atoms with E-state index in [0.717, 1.165) is 20.9 Å². The number of anilines is 2. The first-order chi connectivity index (χ1) is 22.2. The van der Waals surface area contributed by atoms with Crippen molar-refractivity contribution >= 4 is 35.0 Å². The molecule has 0 radical (unpaired) electrons. The number of nitrogens with zero attached hydrogens (tertiary/aromatic N) is 4. The van der Waals surface area contributed by atoms with Gasteiger partial charge in [0.15, 0.2) is 0 Å². The van der Waals surface area contributed by atoms with E-state index in [9.17, 15) is 28.0 Å². The summed E-state index contributed by atoms with van der Waals surface area (Å²) in [5.74, 6) is -4.78. The van der Waals surface area contributed by atoms with Crippen LogP contribution in [0.1, 0.15) is 34.3 Å². The fraction of sp³-hybridized carbons (Fsp3) is 0.222. The molecule has 4 aromatic carbocycles. The van der Waals surface area contributed by atoms with E-state index in [0.29, 0.717) is 11.1 Å². The minimum atomic E-state index is -1.03. The number of benzene rings is 4. The van der Waals surface area contributed by atoms with Crippen LogP contribution in [0.4, 0.5) is 20.2 Å². The van der Waals surface area contributed by atoms with E-state index in [1.807, 2.05) is 62.4 Å². The van der Waals surface area contributed by atoms with E-state index in [2.05, 4.69) is 0 Å². The largest absolute Gasteiger partial charge is 0.274 e. The summed E-state index contributed by atoms with van der Waals surface area (Å²) in [7, 11) is 0. The van der Waals surface area contributed by atoms with Crippen LogP contribution in [0.5, 0.6) is 0 Å². The molecule has 230 valence electrons. The molecule has 0 saturated carbocycles. The Bertz CT molecular complexity index is 1770. The Morgan fingerprint density at radius 3 is 1.09 bits per heavy atom. The van der Waals surface area contributed by atoms with E-state index >= 15 is 0 Å². The van der Waals surface area contributed by atoms with Crippen LogP contribution < -0.4 is 9.80 Å². The maximum absolute atomic E-state index is 14.4. The summed E-state index contributed by atoms with van der Waals surface area (Å²) in [5.41, 5.74) is 3.91. The van der Waals surface area contributed by atoms with Gasteiger partial charge in [0, 0.05) is 0 Å². The Labute approximate surface area is 263 Å². The molecule has 8 rings (SSSR count). The summed E-state index contributed by atoms with van der Waals surface area (Å²) in [6, 6.07) is 22.0. The normalized spacial score (nSPS) is 27.5. The lowest BCUT2D eigenvalue weighted by molar-refractivity contribution is -0.136. The molecule has 0 N–H and O–H groups in total. The van der Waals surface area contributed by atoms with Gasteiger partial charge >= 0.3 is 0 Å². The molecule has 0 unspecified atom stereocenters. The highest BCUT2D eigenvalue weighted by Gasteiger charge is 2.73. The maximum atomic E-state index is 14.4. The lowest BCUT2D eigenvalue weighted by Gasteiger charge is -2.35. The summed E-state index contributed by atoms with van der Waals surface area (Å²) in [6.07, 6.45) is 0. The van der Waals surface area contributed by atoms with Crippen LogP contribution in [0, 0.1) is 37.3 Å². The molecule has 4 fully saturated rings. The molecule has 0 aliphatic carbocycles. The van der Waals surface area contributed by atoms with E-state index in [4.69, 9.17) is 0 Å². The Kier molecular flexibility index (Phi) is 6.32. The average Bonchev–Trinajstić information content (AvgIpc) is 3.71. The molecule has 10 heteroatoms. The standard InChI is InChI=1S/C36H28F2N4O4/c1-19-3-7-21(8-4-19)29-27-31(35(45)39(33(27)43)25-15-11-23(37)12-16-25)42-30(22-9-5-20(2)6-10-22)28-32(41(29)42)36(46)40(34(28)44)26-17-13-24(38)14-18-26/h3-18,27-32H,1-2H3/t27-,28+,29-,30-,31-,32+/m0/s1. The lowest BCUT2D eigenvalue weighted by Crippen LogP contribution is -2.50. The predicted molar refractivity (Wildman–Crippen MR) is 164 cm³/mol. The second-order valence-corrected chi connectivity index (χ2v) is 12.4. The van der Waals surface area contributed by atoms with Gasteiger partial charge in [0.2, 0.25) is 11.8 Å². The second-order valence-electron chi connectivity index (χ2n) is 12.4. The Hall–Kier alpha value is -5.06. The highest BCUT2D eigenvalue weighted by Crippen LogP contribution is 2.59. The molecule has 46 heavy (non-hydrogen) atoms. The second kappa shape index (κ2) is 10.2. The molecule has 4 aliphatic heterocycles. The number of hydrogen-bond donors (Lipinski definition) is 0. The molecular formula is C36H28F2N4O4. The van der Waals surface area contributed by atoms with Crippen molar-refractivity contribution in [3.63, 3.8) is 0 Å². The van der Waals surface area contributed by atoms with Gasteiger partial charge in [-0.15, -0.1) is 0 Å². The smallest absolute Gasteiger partial charge is 0.253 e. The topological polar surface area (TPSA) is 81.2 Å². The summed E-state index contributed by atoms with van der Waals surface area (Å²) >= 11 is 0. The summed E-state index contributed by atoms with van der Waals surface area (Å²) in [6.45, 7) is 3.88. The van der Waals surface area contributed by atoms with Crippen molar-refractivity contribution in [2.75, 3.05) is 9.80 Å². The molecule has 4 saturated heterocycles. The van der Waals surface area contributed by atoms with E-state index in [1.165, 1.54) is 48.5 Å². The number of halogens is 2. The number of rotatable bonds is 4. The first-order valence-electron chi connectivity index (χ1n) is 15.1. The zero-order valence-electron chi connectivity index (χ0n) is 24.9. The minimum Gasteiger partial charge on any atom is -0.274 e. The van der Waals surface area contributed by atoms with Gasteiger partial charge < -0.3 is 0 Å². The van der Waals surface area contributed by atoms with Crippen molar-refractivity contribution < 1.29 is 28.0 Å². The van der Waals surface area contributed by atoms with Gasteiger partial charge in [0.25, 0.3) is 11.8 Å². The molecule has 6 atom stereocenters. The van der Waals surface area contributed by atoms with Crippen LogP contribution in [-0.2, 0) is 19.2 Å². The van der Waals surface area contributed by atoms with Crippen molar-refractivity contribution in [1.82, 2.24) is 10.0 Å². The Morgan fingerprint density at radius 1 is 0.435 bits per heavy atom. The van der Waals surface area contributed by atoms with Crippen LogP contribution in [0.2, 0.25) is 0 Å². The SMILES string of the molecule is Cc1ccc([C@H]2[C@H]3C(=O)N(c4ccc(F)cc4)C(=O)[C@@H]3N3[C@@H](c4ccc(C)cc4)[C@@H]4C(=O)N(c5ccc(F)cc5)C(=O)[C@H]4N23)cc1. The number of hydrazine groups is 1. The third kappa shape index (κ3) is 3.96. The third-order valence-corrected chi connectivity index (χ3v) is 9.73. The quantitative estimate of drug-likeness (QED) is 0.299. The van der Waals surface area contributed by atoms with E-state index in [-0.39, 0.29) is 11.4 Å². The van der Waals surface area contributed by atoms with E-state index < -0.39 is 71.3 Å². The Morgan fingerprint density at radius 2 is 0.761 bits per heavy atom. The number of imide groups is 2. The van der Waals surface area contributed by atoms with Crippen molar-refractivity contribution in [3.8, 4) is 0 Å². The third-order valence-electron chi connectivity index (χ3n) is 9.73.